The molecular weight excluding hydrogens is 290 g/mol. The monoisotopic (exact) mass is 311 g/mol. The molecule has 1 amide bonds. The van der Waals surface area contributed by atoms with Crippen molar-refractivity contribution < 1.29 is 9.53 Å². The number of amides is 1. The summed E-state index contributed by atoms with van der Waals surface area (Å²) in [5.41, 5.74) is -0.245. The smallest absolute Gasteiger partial charge is 0.242 e. The van der Waals surface area contributed by atoms with E-state index in [1.54, 1.807) is 12.1 Å². The summed E-state index contributed by atoms with van der Waals surface area (Å²) in [5, 5.41) is 3.36. The van der Waals surface area contributed by atoms with E-state index in [4.69, 9.17) is 16.3 Å². The van der Waals surface area contributed by atoms with Crippen LogP contribution in [0.2, 0.25) is 5.02 Å². The molecule has 5 nitrogen and oxygen atoms in total. The van der Waals surface area contributed by atoms with Gasteiger partial charge in [0.25, 0.3) is 0 Å². The van der Waals surface area contributed by atoms with Gasteiger partial charge in [-0.25, -0.2) is 4.98 Å². The normalized spacial score (nSPS) is 23.6. The maximum absolute atomic E-state index is 12.3. The summed E-state index contributed by atoms with van der Waals surface area (Å²) in [6.45, 7) is 9.48. The van der Waals surface area contributed by atoms with Crippen molar-refractivity contribution in [2.75, 3.05) is 18.4 Å². The summed E-state index contributed by atoms with van der Waals surface area (Å²) in [6, 6.07) is 3.15. The molecule has 1 aliphatic rings. The van der Waals surface area contributed by atoms with Crippen LogP contribution < -0.4 is 5.32 Å². The number of aromatic nitrogens is 1. The minimum Gasteiger partial charge on any atom is -0.370 e. The van der Waals surface area contributed by atoms with Crippen LogP contribution in [0.15, 0.2) is 18.3 Å². The van der Waals surface area contributed by atoms with Crippen LogP contribution in [0, 0.1) is 0 Å². The van der Waals surface area contributed by atoms with Gasteiger partial charge < -0.3 is 10.1 Å². The first-order valence-corrected chi connectivity index (χ1v) is 7.49. The molecule has 1 aliphatic heterocycles. The van der Waals surface area contributed by atoms with Gasteiger partial charge in [-0.1, -0.05) is 11.6 Å². The van der Waals surface area contributed by atoms with E-state index in [-0.39, 0.29) is 23.7 Å². The Morgan fingerprint density at radius 3 is 2.86 bits per heavy atom. The number of halogens is 1. The highest BCUT2D eigenvalue weighted by atomic mass is 35.5. The fourth-order valence-corrected chi connectivity index (χ4v) is 2.76. The Kier molecular flexibility index (Phi) is 4.86. The molecule has 2 atom stereocenters. The molecule has 0 aromatic carbocycles. The topological polar surface area (TPSA) is 54.5 Å². The zero-order valence-electron chi connectivity index (χ0n) is 12.9. The van der Waals surface area contributed by atoms with E-state index >= 15 is 0 Å². The number of carbonyl (C=O) groups excluding carboxylic acids is 1. The fraction of sp³-hybridized carbons (Fsp3) is 0.600. The lowest BCUT2D eigenvalue weighted by Gasteiger charge is -2.43. The first-order chi connectivity index (χ1) is 9.77. The van der Waals surface area contributed by atoms with Crippen LogP contribution >= 0.6 is 11.6 Å². The van der Waals surface area contributed by atoms with Crippen molar-refractivity contribution in [3.8, 4) is 0 Å². The number of pyridine rings is 1. The van der Waals surface area contributed by atoms with E-state index in [9.17, 15) is 4.79 Å². The minimum absolute atomic E-state index is 0.0743. The predicted molar refractivity (Wildman–Crippen MR) is 83.5 cm³/mol. The Morgan fingerprint density at radius 1 is 1.57 bits per heavy atom. The Bertz CT molecular complexity index is 504. The second-order valence-corrected chi connectivity index (χ2v) is 6.58. The average Bonchev–Trinajstić information content (AvgIpc) is 2.38. The van der Waals surface area contributed by atoms with Crippen molar-refractivity contribution in [2.24, 2.45) is 0 Å². The molecule has 2 unspecified atom stereocenters. The number of anilines is 1. The van der Waals surface area contributed by atoms with Gasteiger partial charge in [0.05, 0.1) is 22.8 Å². The molecular formula is C15H22ClN3O2. The third kappa shape index (κ3) is 4.40. The summed E-state index contributed by atoms with van der Waals surface area (Å²) >= 11 is 5.78. The van der Waals surface area contributed by atoms with Gasteiger partial charge in [-0.2, -0.15) is 0 Å². The summed E-state index contributed by atoms with van der Waals surface area (Å²) in [4.78, 5) is 18.6. The van der Waals surface area contributed by atoms with Gasteiger partial charge in [0.2, 0.25) is 5.91 Å². The zero-order valence-corrected chi connectivity index (χ0v) is 13.6. The van der Waals surface area contributed by atoms with E-state index in [2.05, 4.69) is 15.2 Å². The lowest BCUT2D eigenvalue weighted by Crippen LogP contribution is -2.57. The number of morpholine rings is 1. The average molecular weight is 312 g/mol. The van der Waals surface area contributed by atoms with Crippen LogP contribution in [-0.4, -0.2) is 46.6 Å². The summed E-state index contributed by atoms with van der Waals surface area (Å²) in [7, 11) is 0. The van der Waals surface area contributed by atoms with Crippen LogP contribution in [0.1, 0.15) is 27.7 Å². The number of hydrogen-bond acceptors (Lipinski definition) is 4. The molecule has 2 heterocycles. The Labute approximate surface area is 130 Å². The van der Waals surface area contributed by atoms with Crippen LogP contribution in [0.25, 0.3) is 0 Å². The van der Waals surface area contributed by atoms with Crippen molar-refractivity contribution >= 4 is 23.3 Å². The molecule has 1 fully saturated rings. The third-order valence-corrected chi connectivity index (χ3v) is 3.73. The summed E-state index contributed by atoms with van der Waals surface area (Å²) in [5.74, 6) is 0.437. The number of nitrogens with zero attached hydrogens (tertiary/aromatic N) is 2. The minimum atomic E-state index is -0.245. The van der Waals surface area contributed by atoms with Gasteiger partial charge in [0, 0.05) is 19.3 Å². The molecule has 0 aliphatic carbocycles. The van der Waals surface area contributed by atoms with E-state index in [0.717, 1.165) is 13.1 Å². The molecule has 1 aromatic heterocycles. The first-order valence-electron chi connectivity index (χ1n) is 7.11. The maximum Gasteiger partial charge on any atom is 0.242 e. The van der Waals surface area contributed by atoms with E-state index in [1.807, 2.05) is 27.7 Å². The number of nitrogens with one attached hydrogen (secondary N) is 1. The predicted octanol–water partition coefficient (Wildman–Crippen LogP) is 2.56. The van der Waals surface area contributed by atoms with Crippen molar-refractivity contribution in [2.45, 2.75) is 45.4 Å². The quantitative estimate of drug-likeness (QED) is 0.932. The van der Waals surface area contributed by atoms with Gasteiger partial charge in [-0.05, 0) is 39.8 Å². The van der Waals surface area contributed by atoms with Gasteiger partial charge in [0.15, 0.2) is 0 Å². The molecule has 0 spiro atoms. The number of rotatable bonds is 3. The number of carbonyl (C=O) groups is 1. The highest BCUT2D eigenvalue weighted by Crippen LogP contribution is 2.22. The highest BCUT2D eigenvalue weighted by Gasteiger charge is 2.35. The first kappa shape index (κ1) is 16.2. The molecule has 1 saturated heterocycles. The van der Waals surface area contributed by atoms with Crippen LogP contribution in [0.3, 0.4) is 0 Å². The summed E-state index contributed by atoms with van der Waals surface area (Å²) in [6.07, 6.45) is 1.62. The molecule has 6 heteroatoms. The Hall–Kier alpha value is -1.17. The molecule has 0 bridgehead atoms. The van der Waals surface area contributed by atoms with Crippen molar-refractivity contribution in [1.29, 1.82) is 0 Å². The Balaban J connectivity index is 2.00. The van der Waals surface area contributed by atoms with Gasteiger partial charge in [-0.3, -0.25) is 9.69 Å². The van der Waals surface area contributed by atoms with E-state index in [1.165, 1.54) is 6.20 Å². The van der Waals surface area contributed by atoms with Crippen molar-refractivity contribution in [1.82, 2.24) is 9.88 Å². The Morgan fingerprint density at radius 2 is 2.29 bits per heavy atom. The van der Waals surface area contributed by atoms with Crippen LogP contribution in [-0.2, 0) is 9.53 Å². The third-order valence-electron chi connectivity index (χ3n) is 3.50. The van der Waals surface area contributed by atoms with Gasteiger partial charge in [-0.15, -0.1) is 0 Å². The number of hydrogen-bond donors (Lipinski definition) is 1. The van der Waals surface area contributed by atoms with Crippen LogP contribution in [0.5, 0.6) is 0 Å². The highest BCUT2D eigenvalue weighted by molar-refractivity contribution is 6.30. The lowest BCUT2D eigenvalue weighted by molar-refractivity contribution is -0.145. The second kappa shape index (κ2) is 6.30. The zero-order chi connectivity index (χ0) is 15.6. The van der Waals surface area contributed by atoms with Crippen LogP contribution in [0.4, 0.5) is 5.82 Å². The molecule has 0 saturated carbocycles. The molecule has 116 valence electrons. The van der Waals surface area contributed by atoms with Gasteiger partial charge >= 0.3 is 0 Å². The van der Waals surface area contributed by atoms with Crippen molar-refractivity contribution in [3.63, 3.8) is 0 Å². The molecule has 21 heavy (non-hydrogen) atoms. The standard InChI is InChI=1S/C15H22ClN3O2/c1-10-8-19(9-15(3,4)21-10)11(2)14(20)18-13-6-5-12(16)7-17-13/h5-7,10-11H,8-9H2,1-4H3,(H,17,18,20). The fourth-order valence-electron chi connectivity index (χ4n) is 2.64. The van der Waals surface area contributed by atoms with E-state index in [0.29, 0.717) is 10.8 Å². The molecule has 2 rings (SSSR count). The molecule has 0 radical (unpaired) electrons. The second-order valence-electron chi connectivity index (χ2n) is 6.14. The largest absolute Gasteiger partial charge is 0.370 e. The van der Waals surface area contributed by atoms with Crippen molar-refractivity contribution in [3.05, 3.63) is 23.4 Å². The number of ether oxygens (including phenoxy) is 1. The molecule has 1 N–H and O–H groups in total. The lowest BCUT2D eigenvalue weighted by atomic mass is 10.0. The maximum atomic E-state index is 12.3. The SMILES string of the molecule is CC1CN(C(C)C(=O)Nc2ccc(Cl)cn2)CC(C)(C)O1. The van der Waals surface area contributed by atoms with Gasteiger partial charge in [0.1, 0.15) is 5.82 Å². The summed E-state index contributed by atoms with van der Waals surface area (Å²) < 4.78 is 5.86. The molecule has 1 aromatic rings. The van der Waals surface area contributed by atoms with E-state index < -0.39 is 0 Å².